The molecule has 1 aromatic rings. The zero-order chi connectivity index (χ0) is 27.4. The Morgan fingerprint density at radius 2 is 2.02 bits per heavy atom. The number of carbonyl (C=O) groups excluding carboxylic acids is 2. The summed E-state index contributed by atoms with van der Waals surface area (Å²) in [6, 6.07) is -0.844. The smallest absolute Gasteiger partial charge is 0.343 e. The largest absolute Gasteiger partial charge is 0.462 e. The van der Waals surface area contributed by atoms with Crippen LogP contribution in [0.3, 0.4) is 0 Å². The van der Waals surface area contributed by atoms with E-state index < -0.39 is 30.2 Å². The Balaban J connectivity index is 1.17. The van der Waals surface area contributed by atoms with Gasteiger partial charge >= 0.3 is 5.97 Å². The van der Waals surface area contributed by atoms with Crippen molar-refractivity contribution in [2.24, 2.45) is 17.8 Å². The number of ether oxygens (including phenoxy) is 3. The number of carbonyl (C=O) groups is 2. The summed E-state index contributed by atoms with van der Waals surface area (Å²) in [6.45, 7) is 3.34. The molecule has 5 fully saturated rings. The summed E-state index contributed by atoms with van der Waals surface area (Å²) >= 11 is 0. The number of imidazole rings is 1. The average Bonchev–Trinajstić information content (AvgIpc) is 3.60. The molecule has 218 valence electrons. The lowest BCUT2D eigenvalue weighted by Gasteiger charge is -2.60. The number of nitrogens with zero attached hydrogens (tertiary/aromatic N) is 3. The zero-order valence-corrected chi connectivity index (χ0v) is 23.2. The molecule has 0 spiro atoms. The third-order valence-electron chi connectivity index (χ3n) is 10.5. The van der Waals surface area contributed by atoms with Crippen LogP contribution in [0.4, 0.5) is 4.39 Å². The number of hydrogen-bond acceptors (Lipinski definition) is 8. The molecule has 6 aliphatic rings. The molecule has 11 unspecified atom stereocenters. The van der Waals surface area contributed by atoms with Crippen LogP contribution in [-0.4, -0.2) is 88.1 Å². The Morgan fingerprint density at radius 1 is 1.15 bits per heavy atom. The summed E-state index contributed by atoms with van der Waals surface area (Å²) < 4.78 is 36.7. The van der Waals surface area contributed by atoms with Crippen molar-refractivity contribution < 1.29 is 28.2 Å². The summed E-state index contributed by atoms with van der Waals surface area (Å²) in [5.41, 5.74) is 0.0459. The number of esters is 1. The van der Waals surface area contributed by atoms with Crippen LogP contribution in [0.25, 0.3) is 0 Å². The Hall–Kier alpha value is -2.30. The van der Waals surface area contributed by atoms with Crippen molar-refractivity contribution in [3.8, 4) is 0 Å². The van der Waals surface area contributed by atoms with Crippen LogP contribution in [0.2, 0.25) is 0 Å². The second kappa shape index (κ2) is 10.8. The van der Waals surface area contributed by atoms with E-state index in [0.29, 0.717) is 24.5 Å². The van der Waals surface area contributed by atoms with Gasteiger partial charge < -0.3 is 29.0 Å². The van der Waals surface area contributed by atoms with Gasteiger partial charge in [-0.2, -0.15) is 0 Å². The minimum absolute atomic E-state index is 0.0132. The highest BCUT2D eigenvalue weighted by molar-refractivity contribution is 6.18. The lowest BCUT2D eigenvalue weighted by atomic mass is 9.67. The van der Waals surface area contributed by atoms with Gasteiger partial charge in [0, 0.05) is 31.1 Å². The Kier molecular flexibility index (Phi) is 7.20. The van der Waals surface area contributed by atoms with Crippen LogP contribution < -0.4 is 5.32 Å². The van der Waals surface area contributed by atoms with Gasteiger partial charge in [-0.15, -0.1) is 0 Å². The zero-order valence-electron chi connectivity index (χ0n) is 23.2. The van der Waals surface area contributed by atoms with Crippen molar-refractivity contribution in [1.29, 1.82) is 0 Å². The molecule has 0 aromatic carbocycles. The number of nitrogens with one attached hydrogen (secondary N) is 1. The molecule has 1 aromatic heterocycles. The molecule has 0 bridgehead atoms. The van der Waals surface area contributed by atoms with Crippen molar-refractivity contribution in [1.82, 2.24) is 19.8 Å². The third kappa shape index (κ3) is 4.50. The predicted octanol–water partition coefficient (Wildman–Crippen LogP) is 2.79. The average molecular weight is 557 g/mol. The van der Waals surface area contributed by atoms with Crippen LogP contribution in [-0.2, 0) is 30.3 Å². The molecular formula is C30H41FN4O5. The van der Waals surface area contributed by atoms with Crippen LogP contribution in [0.15, 0.2) is 30.5 Å². The monoisotopic (exact) mass is 556 g/mol. The first-order valence-electron chi connectivity index (χ1n) is 15.4. The molecule has 40 heavy (non-hydrogen) atoms. The van der Waals surface area contributed by atoms with Crippen LogP contribution in [0.5, 0.6) is 0 Å². The van der Waals surface area contributed by atoms with Crippen molar-refractivity contribution >= 4 is 11.8 Å². The van der Waals surface area contributed by atoms with Crippen LogP contribution in [0, 0.1) is 17.8 Å². The van der Waals surface area contributed by atoms with E-state index in [1.54, 1.807) is 25.6 Å². The maximum atomic E-state index is 15.9. The standard InChI is InChI=1S/C30H41FN4O5/c1-2-38-30(37)20-15-35-22-14-24-18(17-6-3-4-7-23(17)39-24)13-25(22)40-29-26(21(31)12-19(27(29)35)28(20)36)33-8-5-10-34-11-9-32-16-34/h9,11,15-19,21-27,29,33H,2-8,10,12-14H2,1H3. The summed E-state index contributed by atoms with van der Waals surface area (Å²) in [5.74, 6) is -0.550. The molecular weight excluding hydrogens is 515 g/mol. The molecule has 9 nitrogen and oxygen atoms in total. The molecule has 3 saturated carbocycles. The number of halogens is 1. The molecule has 10 heteroatoms. The van der Waals surface area contributed by atoms with Gasteiger partial charge in [-0.3, -0.25) is 4.79 Å². The highest BCUT2D eigenvalue weighted by atomic mass is 19.1. The minimum atomic E-state index is -1.25. The van der Waals surface area contributed by atoms with Gasteiger partial charge in [0.25, 0.3) is 0 Å². The fourth-order valence-corrected chi connectivity index (χ4v) is 8.77. The van der Waals surface area contributed by atoms with Crippen molar-refractivity contribution in [3.63, 3.8) is 0 Å². The number of alkyl halides is 1. The minimum Gasteiger partial charge on any atom is -0.462 e. The van der Waals surface area contributed by atoms with Crippen molar-refractivity contribution in [2.75, 3.05) is 13.2 Å². The maximum Gasteiger partial charge on any atom is 0.343 e. The fraction of sp³-hybridized carbons (Fsp3) is 0.767. The molecule has 0 radical (unpaired) electrons. The van der Waals surface area contributed by atoms with E-state index in [1.807, 2.05) is 10.8 Å². The number of ketones is 1. The molecule has 1 N–H and O–H groups in total. The van der Waals surface area contributed by atoms with Crippen molar-refractivity contribution in [2.45, 2.75) is 114 Å². The topological polar surface area (TPSA) is 94.9 Å². The number of morpholine rings is 1. The molecule has 0 amide bonds. The Morgan fingerprint density at radius 3 is 2.85 bits per heavy atom. The maximum absolute atomic E-state index is 15.9. The summed E-state index contributed by atoms with van der Waals surface area (Å²) in [7, 11) is 0. The third-order valence-corrected chi connectivity index (χ3v) is 10.5. The van der Waals surface area contributed by atoms with Crippen LogP contribution >= 0.6 is 0 Å². The number of fused-ring (bicyclic) bond motifs is 5. The second-order valence-electron chi connectivity index (χ2n) is 12.6. The normalized spacial score (nSPS) is 41.9. The second-order valence-corrected chi connectivity index (χ2v) is 12.6. The van der Waals surface area contributed by atoms with E-state index in [-0.39, 0.29) is 48.7 Å². The molecule has 2 saturated heterocycles. The van der Waals surface area contributed by atoms with Gasteiger partial charge in [-0.05, 0) is 63.8 Å². The fourth-order valence-electron chi connectivity index (χ4n) is 8.77. The van der Waals surface area contributed by atoms with Gasteiger partial charge in [0.15, 0.2) is 5.78 Å². The van der Waals surface area contributed by atoms with Gasteiger partial charge in [0.2, 0.25) is 0 Å². The lowest BCUT2D eigenvalue weighted by Crippen LogP contribution is -2.73. The summed E-state index contributed by atoms with van der Waals surface area (Å²) in [5, 5.41) is 3.47. The van der Waals surface area contributed by atoms with Gasteiger partial charge in [0.1, 0.15) is 11.7 Å². The molecule has 3 aliphatic carbocycles. The summed E-state index contributed by atoms with van der Waals surface area (Å²) in [6.07, 6.45) is 13.2. The highest BCUT2D eigenvalue weighted by Gasteiger charge is 2.61. The highest BCUT2D eigenvalue weighted by Crippen LogP contribution is 2.52. The Bertz CT molecular complexity index is 1130. The number of hydrogen-bond donors (Lipinski definition) is 1. The first-order valence-corrected chi connectivity index (χ1v) is 15.4. The number of rotatable bonds is 7. The first-order chi connectivity index (χ1) is 19.5. The SMILES string of the molecule is CCOC(=O)C1=CN2C3CC4OC5CCCCC5C4CC3OC3C(NCCCn4ccnc4)C(F)CC(C1=O)C32. The van der Waals surface area contributed by atoms with Crippen molar-refractivity contribution in [3.05, 3.63) is 30.5 Å². The van der Waals surface area contributed by atoms with E-state index in [2.05, 4.69) is 15.2 Å². The van der Waals surface area contributed by atoms with E-state index in [4.69, 9.17) is 14.2 Å². The number of aromatic nitrogens is 2. The van der Waals surface area contributed by atoms with Crippen LogP contribution in [0.1, 0.15) is 58.3 Å². The lowest BCUT2D eigenvalue weighted by molar-refractivity contribution is -0.209. The molecule has 4 heterocycles. The number of Topliss-reactive ketones (excluding diaryl/α,β-unsaturated/α-hetero) is 1. The van der Waals surface area contributed by atoms with E-state index in [9.17, 15) is 9.59 Å². The van der Waals surface area contributed by atoms with Gasteiger partial charge in [-0.1, -0.05) is 12.8 Å². The quantitative estimate of drug-likeness (QED) is 0.311. The molecule has 11 atom stereocenters. The molecule has 7 rings (SSSR count). The Labute approximate surface area is 234 Å². The van der Waals surface area contributed by atoms with E-state index in [0.717, 1.165) is 32.2 Å². The number of aryl methyl sites for hydroxylation is 1. The van der Waals surface area contributed by atoms with E-state index >= 15 is 4.39 Å². The van der Waals surface area contributed by atoms with Gasteiger partial charge in [0.05, 0.1) is 55.5 Å². The first kappa shape index (κ1) is 26.6. The molecule has 3 aliphatic heterocycles. The van der Waals surface area contributed by atoms with Gasteiger partial charge in [-0.25, -0.2) is 14.2 Å². The van der Waals surface area contributed by atoms with E-state index in [1.165, 1.54) is 19.3 Å². The summed E-state index contributed by atoms with van der Waals surface area (Å²) in [4.78, 5) is 32.8. The predicted molar refractivity (Wildman–Crippen MR) is 143 cm³/mol.